The highest BCUT2D eigenvalue weighted by atomic mass is 19.1. The van der Waals surface area contributed by atoms with Crippen LogP contribution in [0.3, 0.4) is 0 Å². The maximum atomic E-state index is 13.2. The number of hydrogen-bond donors (Lipinski definition) is 2. The van der Waals surface area contributed by atoms with E-state index in [1.807, 2.05) is 19.1 Å². The van der Waals surface area contributed by atoms with Gasteiger partial charge in [0.25, 0.3) is 5.91 Å². The minimum atomic E-state index is -0.687. The number of ether oxygens (including phenoxy) is 2. The fraction of sp³-hybridized carbons (Fsp3) is 0.194. The molecular formula is C31H30FN3O5. The Bertz CT molecular complexity index is 1470. The van der Waals surface area contributed by atoms with Gasteiger partial charge < -0.3 is 20.1 Å². The van der Waals surface area contributed by atoms with Gasteiger partial charge in [0, 0.05) is 11.3 Å². The highest BCUT2D eigenvalue weighted by Crippen LogP contribution is 2.35. The average Bonchev–Trinajstić information content (AvgIpc) is 3.20. The molecule has 206 valence electrons. The van der Waals surface area contributed by atoms with Gasteiger partial charge in [-0.1, -0.05) is 43.3 Å². The van der Waals surface area contributed by atoms with Crippen LogP contribution >= 0.6 is 0 Å². The molecular weight excluding hydrogens is 513 g/mol. The zero-order valence-corrected chi connectivity index (χ0v) is 22.3. The highest BCUT2D eigenvalue weighted by Gasteiger charge is 2.35. The number of hydrogen-bond acceptors (Lipinski definition) is 5. The van der Waals surface area contributed by atoms with Crippen LogP contribution in [0.2, 0.25) is 0 Å². The van der Waals surface area contributed by atoms with E-state index in [0.717, 1.165) is 28.0 Å². The Labute approximate surface area is 232 Å². The Morgan fingerprint density at radius 1 is 1.10 bits per heavy atom. The number of carbonyl (C=O) groups is 3. The summed E-state index contributed by atoms with van der Waals surface area (Å²) in [7, 11) is 1.49. The number of allylic oxidation sites excluding steroid dienone is 1. The predicted molar refractivity (Wildman–Crippen MR) is 150 cm³/mol. The molecule has 9 heteroatoms. The summed E-state index contributed by atoms with van der Waals surface area (Å²) in [4.78, 5) is 39.1. The SMILES string of the molecule is C=CCc1cc(/C=C2/NC(=O)N(CC(=O)Nc3ccccc3CC)C2=O)cc(OC)c1OCc1ccc(F)cc1. The van der Waals surface area contributed by atoms with Crippen molar-refractivity contribution >= 4 is 29.6 Å². The van der Waals surface area contributed by atoms with Gasteiger partial charge in [0.05, 0.1) is 7.11 Å². The number of para-hydroxylation sites is 1. The Hall–Kier alpha value is -4.92. The van der Waals surface area contributed by atoms with E-state index in [1.165, 1.54) is 25.3 Å². The van der Waals surface area contributed by atoms with Crippen LogP contribution in [-0.4, -0.2) is 36.4 Å². The summed E-state index contributed by atoms with van der Waals surface area (Å²) in [6.07, 6.45) is 4.39. The first-order chi connectivity index (χ1) is 19.3. The topological polar surface area (TPSA) is 97.0 Å². The van der Waals surface area contributed by atoms with Gasteiger partial charge in [0.15, 0.2) is 11.5 Å². The summed E-state index contributed by atoms with van der Waals surface area (Å²) in [5, 5.41) is 5.32. The first kappa shape index (κ1) is 28.1. The second-order valence-corrected chi connectivity index (χ2v) is 9.06. The number of benzene rings is 3. The maximum Gasteiger partial charge on any atom is 0.329 e. The number of nitrogens with zero attached hydrogens (tertiary/aromatic N) is 1. The summed E-state index contributed by atoms with van der Waals surface area (Å²) in [5.41, 5.74) is 3.71. The van der Waals surface area contributed by atoms with Crippen LogP contribution in [0.25, 0.3) is 6.08 Å². The molecule has 0 radical (unpaired) electrons. The Morgan fingerprint density at radius 2 is 1.85 bits per heavy atom. The zero-order valence-electron chi connectivity index (χ0n) is 22.3. The smallest absolute Gasteiger partial charge is 0.329 e. The molecule has 0 unspecified atom stereocenters. The van der Waals surface area contributed by atoms with Gasteiger partial charge >= 0.3 is 6.03 Å². The molecule has 3 aromatic carbocycles. The number of carbonyl (C=O) groups excluding carboxylic acids is 3. The van der Waals surface area contributed by atoms with Crippen molar-refractivity contribution in [1.82, 2.24) is 10.2 Å². The predicted octanol–water partition coefficient (Wildman–Crippen LogP) is 5.24. The molecule has 0 bridgehead atoms. The third-order valence-corrected chi connectivity index (χ3v) is 6.28. The van der Waals surface area contributed by atoms with Crippen LogP contribution in [0.15, 0.2) is 79.0 Å². The molecule has 1 aliphatic rings. The molecule has 40 heavy (non-hydrogen) atoms. The van der Waals surface area contributed by atoms with Gasteiger partial charge in [-0.05, 0) is 65.9 Å². The molecule has 0 aliphatic carbocycles. The third-order valence-electron chi connectivity index (χ3n) is 6.28. The summed E-state index contributed by atoms with van der Waals surface area (Å²) >= 11 is 0. The molecule has 0 atom stereocenters. The monoisotopic (exact) mass is 543 g/mol. The molecule has 4 rings (SSSR count). The van der Waals surface area contributed by atoms with Crippen LogP contribution in [0.5, 0.6) is 11.5 Å². The number of halogens is 1. The molecule has 1 aliphatic heterocycles. The molecule has 2 N–H and O–H groups in total. The van der Waals surface area contributed by atoms with Crippen LogP contribution in [0.4, 0.5) is 14.9 Å². The lowest BCUT2D eigenvalue weighted by Gasteiger charge is -2.16. The second kappa shape index (κ2) is 12.8. The van der Waals surface area contributed by atoms with Crippen molar-refractivity contribution in [1.29, 1.82) is 0 Å². The zero-order chi connectivity index (χ0) is 28.6. The van der Waals surface area contributed by atoms with E-state index >= 15 is 0 Å². The lowest BCUT2D eigenvalue weighted by Crippen LogP contribution is -2.38. The highest BCUT2D eigenvalue weighted by molar-refractivity contribution is 6.16. The number of methoxy groups -OCH3 is 1. The van der Waals surface area contributed by atoms with E-state index in [2.05, 4.69) is 17.2 Å². The molecule has 1 heterocycles. The molecule has 3 aromatic rings. The standard InChI is InChI=1S/C31H30FN3O5/c1-4-8-23-15-21(17-27(39-3)29(23)40-19-20-11-13-24(32)14-12-20)16-26-30(37)35(31(38)34-26)18-28(36)33-25-10-7-6-9-22(25)5-2/h4,6-7,9-17H,1,5,8,18-19H2,2-3H3,(H,33,36)(H,34,38)/b26-16+. The first-order valence-corrected chi connectivity index (χ1v) is 12.7. The number of urea groups is 1. The van der Waals surface area contributed by atoms with Crippen LogP contribution in [0, 0.1) is 5.82 Å². The molecule has 1 saturated heterocycles. The third kappa shape index (κ3) is 6.55. The number of aryl methyl sites for hydroxylation is 1. The van der Waals surface area contributed by atoms with Crippen molar-refractivity contribution in [2.24, 2.45) is 0 Å². The lowest BCUT2D eigenvalue weighted by molar-refractivity contribution is -0.127. The van der Waals surface area contributed by atoms with Crippen LogP contribution in [-0.2, 0) is 29.0 Å². The quantitative estimate of drug-likeness (QED) is 0.196. The van der Waals surface area contributed by atoms with Crippen LogP contribution in [0.1, 0.15) is 29.2 Å². The number of rotatable bonds is 11. The van der Waals surface area contributed by atoms with Gasteiger partial charge in [-0.25, -0.2) is 14.1 Å². The Kier molecular flexibility index (Phi) is 8.96. The van der Waals surface area contributed by atoms with Gasteiger partial charge in [-0.2, -0.15) is 0 Å². The lowest BCUT2D eigenvalue weighted by atomic mass is 10.0. The van der Waals surface area contributed by atoms with E-state index in [9.17, 15) is 18.8 Å². The normalized spacial score (nSPS) is 13.8. The van der Waals surface area contributed by atoms with E-state index < -0.39 is 24.4 Å². The molecule has 0 spiro atoms. The first-order valence-electron chi connectivity index (χ1n) is 12.7. The average molecular weight is 544 g/mol. The van der Waals surface area contributed by atoms with Gasteiger partial charge in [0.1, 0.15) is 24.7 Å². The fourth-order valence-electron chi connectivity index (χ4n) is 4.29. The van der Waals surface area contributed by atoms with Crippen molar-refractivity contribution in [2.45, 2.75) is 26.4 Å². The number of anilines is 1. The Morgan fingerprint density at radius 3 is 2.55 bits per heavy atom. The fourth-order valence-corrected chi connectivity index (χ4v) is 4.29. The van der Waals surface area contributed by atoms with Crippen molar-refractivity contribution in [3.63, 3.8) is 0 Å². The number of amides is 4. The molecule has 8 nitrogen and oxygen atoms in total. The van der Waals surface area contributed by atoms with Crippen molar-refractivity contribution in [3.05, 3.63) is 107 Å². The largest absolute Gasteiger partial charge is 0.493 e. The minimum Gasteiger partial charge on any atom is -0.493 e. The van der Waals surface area contributed by atoms with E-state index in [-0.39, 0.29) is 18.1 Å². The maximum absolute atomic E-state index is 13.2. The minimum absolute atomic E-state index is 0.0262. The van der Waals surface area contributed by atoms with Gasteiger partial charge in [0.2, 0.25) is 5.91 Å². The summed E-state index contributed by atoms with van der Waals surface area (Å²) < 4.78 is 24.8. The Balaban J connectivity index is 1.52. The number of imide groups is 1. The van der Waals surface area contributed by atoms with Crippen LogP contribution < -0.4 is 20.1 Å². The van der Waals surface area contributed by atoms with E-state index in [4.69, 9.17) is 9.47 Å². The summed E-state index contributed by atoms with van der Waals surface area (Å²) in [6, 6.07) is 16.1. The molecule has 4 amide bonds. The summed E-state index contributed by atoms with van der Waals surface area (Å²) in [6.45, 7) is 5.54. The molecule has 0 aromatic heterocycles. The second-order valence-electron chi connectivity index (χ2n) is 9.06. The van der Waals surface area contributed by atoms with Gasteiger partial charge in [-0.3, -0.25) is 9.59 Å². The van der Waals surface area contributed by atoms with E-state index in [1.54, 1.807) is 42.5 Å². The van der Waals surface area contributed by atoms with Crippen molar-refractivity contribution in [3.8, 4) is 11.5 Å². The molecule has 0 saturated carbocycles. The number of nitrogens with one attached hydrogen (secondary N) is 2. The van der Waals surface area contributed by atoms with E-state index in [0.29, 0.717) is 29.2 Å². The van der Waals surface area contributed by atoms with Crippen molar-refractivity contribution < 1.29 is 28.2 Å². The molecule has 1 fully saturated rings. The van der Waals surface area contributed by atoms with Gasteiger partial charge in [-0.15, -0.1) is 6.58 Å². The van der Waals surface area contributed by atoms with Crippen molar-refractivity contribution in [2.75, 3.05) is 19.0 Å². The summed E-state index contributed by atoms with van der Waals surface area (Å²) in [5.74, 6) is -0.536.